The molecule has 0 aliphatic carbocycles. The summed E-state index contributed by atoms with van der Waals surface area (Å²) in [5.74, 6) is -6.00. The van der Waals surface area contributed by atoms with Crippen LogP contribution in [0.1, 0.15) is 64.1 Å². The molecule has 9 nitrogen and oxygen atoms in total. The van der Waals surface area contributed by atoms with E-state index in [2.05, 4.69) is 48.2 Å². The number of hydrogen-bond acceptors (Lipinski definition) is 6. The molecule has 3 aromatic heterocycles. The summed E-state index contributed by atoms with van der Waals surface area (Å²) >= 11 is 8.40. The number of halogens is 7. The lowest BCUT2D eigenvalue weighted by atomic mass is 9.95. The third-order valence-corrected chi connectivity index (χ3v) is 6.93. The lowest BCUT2D eigenvalue weighted by Crippen LogP contribution is -2.41. The second-order valence-corrected chi connectivity index (χ2v) is 12.3. The fourth-order valence-corrected chi connectivity index (χ4v) is 5.06. The molecular weight excluding hydrogens is 712 g/mol. The number of rotatable bonds is 8. The number of nitrogens with zero attached hydrogens (tertiary/aromatic N) is 6. The van der Waals surface area contributed by atoms with Gasteiger partial charge in [-0.2, -0.15) is 42.0 Å². The number of carbonyl (C=O) groups excluding carboxylic acids is 2. The number of amides is 1. The molecule has 0 fully saturated rings. The number of nitrogens with one attached hydrogen (secondary N) is 1. The highest BCUT2D eigenvalue weighted by atomic mass is 127. The summed E-state index contributed by atoms with van der Waals surface area (Å²) in [6, 6.07) is 7.89. The van der Waals surface area contributed by atoms with E-state index in [1.807, 2.05) is 26.8 Å². The number of pyridine rings is 1. The highest BCUT2D eigenvalue weighted by molar-refractivity contribution is 14.1. The van der Waals surface area contributed by atoms with Crippen LogP contribution in [0.3, 0.4) is 0 Å². The Kier molecular flexibility index (Phi) is 8.98. The second-order valence-electron chi connectivity index (χ2n) is 10.6. The van der Waals surface area contributed by atoms with Crippen molar-refractivity contribution in [3.63, 3.8) is 0 Å². The Morgan fingerprint density at radius 1 is 1.07 bits per heavy atom. The van der Waals surface area contributed by atoms with Gasteiger partial charge in [0.2, 0.25) is 0 Å². The van der Waals surface area contributed by atoms with Crippen molar-refractivity contribution in [3.8, 4) is 5.82 Å². The largest absolute Gasteiger partial charge is 0.459 e. The highest BCUT2D eigenvalue weighted by Gasteiger charge is 2.60. The number of Topliss-reactive ketones (excluding diaryl/α,β-unsaturated/α-hetero) is 1. The van der Waals surface area contributed by atoms with Gasteiger partial charge in [0.15, 0.2) is 17.3 Å². The van der Waals surface area contributed by atoms with Crippen molar-refractivity contribution in [1.29, 1.82) is 0 Å². The lowest BCUT2D eigenvalue weighted by Gasteiger charge is -2.22. The Morgan fingerprint density at radius 2 is 1.77 bits per heavy atom. The Hall–Kier alpha value is -3.47. The first kappa shape index (κ1) is 32.4. The van der Waals surface area contributed by atoms with Crippen LogP contribution in [0.25, 0.3) is 5.82 Å². The molecule has 1 N–H and O–H groups in total. The second kappa shape index (κ2) is 11.9. The third-order valence-electron chi connectivity index (χ3n) is 6.01. The van der Waals surface area contributed by atoms with Crippen molar-refractivity contribution in [2.75, 3.05) is 0 Å². The van der Waals surface area contributed by atoms with Crippen LogP contribution in [0.2, 0.25) is 5.02 Å². The maximum atomic E-state index is 13.8. The summed E-state index contributed by atoms with van der Waals surface area (Å²) in [5.41, 5.74) is -0.619. The van der Waals surface area contributed by atoms with Crippen molar-refractivity contribution in [2.24, 2.45) is 0 Å². The molecule has 1 amide bonds. The average Bonchev–Trinajstić information content (AvgIpc) is 3.52. The van der Waals surface area contributed by atoms with Gasteiger partial charge >= 0.3 is 12.1 Å². The molecule has 3 heterocycles. The first-order valence-corrected chi connectivity index (χ1v) is 14.0. The number of aryl methyl sites for hydroxylation is 1. The molecule has 0 bridgehead atoms. The van der Waals surface area contributed by atoms with Gasteiger partial charge in [-0.25, -0.2) is 9.67 Å². The van der Waals surface area contributed by atoms with Crippen molar-refractivity contribution < 1.29 is 31.5 Å². The Balaban J connectivity index is 1.74. The van der Waals surface area contributed by atoms with Crippen LogP contribution in [0.4, 0.5) is 22.0 Å². The third kappa shape index (κ3) is 7.20. The van der Waals surface area contributed by atoms with Crippen molar-refractivity contribution in [3.05, 3.63) is 85.1 Å². The molecule has 16 heteroatoms. The fraction of sp³-hybridized carbons (Fsp3) is 0.333. The summed E-state index contributed by atoms with van der Waals surface area (Å²) < 4.78 is 67.8. The molecule has 0 atom stereocenters. The summed E-state index contributed by atoms with van der Waals surface area (Å²) in [5, 5.41) is 14.2. The molecule has 0 saturated carbocycles. The zero-order chi connectivity index (χ0) is 31.9. The summed E-state index contributed by atoms with van der Waals surface area (Å²) in [6.45, 7) is 6.81. The smallest absolute Gasteiger partial charge is 0.347 e. The standard InChI is InChI=1S/C27H24ClF5IN7O2/c1-14-8-15(34)9-18(24(43)37-25(2,3)4)17(14)11-21(42)20-10-16(38-41(20)23-19(28)6-5-7-35-23)13-40-36-12-22(39-40)26(29,30)27(31,32)33/h5-10,12H,11,13H2,1-4H3,(H,37,43). The quantitative estimate of drug-likeness (QED) is 0.134. The summed E-state index contributed by atoms with van der Waals surface area (Å²) in [7, 11) is 0. The van der Waals surface area contributed by atoms with Crippen molar-refractivity contribution >= 4 is 45.9 Å². The molecule has 0 aliphatic heterocycles. The Labute approximate surface area is 261 Å². The van der Waals surface area contributed by atoms with Gasteiger partial charge in [0.1, 0.15) is 12.2 Å². The minimum absolute atomic E-state index is 0.0243. The van der Waals surface area contributed by atoms with Gasteiger partial charge in [-0.1, -0.05) is 11.6 Å². The molecule has 0 saturated heterocycles. The molecule has 4 aromatic rings. The number of hydrogen-bond donors (Lipinski definition) is 1. The normalized spacial score (nSPS) is 12.4. The van der Waals surface area contributed by atoms with E-state index in [0.717, 1.165) is 8.25 Å². The maximum absolute atomic E-state index is 13.8. The molecule has 0 unspecified atom stereocenters. The van der Waals surface area contributed by atoms with E-state index in [9.17, 15) is 31.5 Å². The average molecular weight is 736 g/mol. The van der Waals surface area contributed by atoms with Crippen molar-refractivity contribution in [2.45, 2.75) is 58.3 Å². The maximum Gasteiger partial charge on any atom is 0.459 e. The van der Waals surface area contributed by atoms with Crippen LogP contribution in [-0.4, -0.2) is 53.2 Å². The summed E-state index contributed by atoms with van der Waals surface area (Å²) in [6.07, 6.45) is -4.36. The number of benzene rings is 1. The fourth-order valence-electron chi connectivity index (χ4n) is 4.08. The van der Waals surface area contributed by atoms with E-state index in [4.69, 9.17) is 11.6 Å². The molecule has 1 aromatic carbocycles. The molecule has 4 rings (SSSR count). The van der Waals surface area contributed by atoms with E-state index in [-0.39, 0.29) is 34.6 Å². The Bertz CT molecular complexity index is 1700. The number of ketones is 1. The van der Waals surface area contributed by atoms with Gasteiger partial charge in [-0.05, 0) is 91.7 Å². The number of aromatic nitrogens is 6. The number of alkyl halides is 5. The SMILES string of the molecule is Cc1cc(I)cc(C(=O)NC(C)(C)C)c1CC(=O)c1cc(Cn2ncc(C(F)(F)C(F)(F)F)n2)nn1-c1ncccc1Cl. The van der Waals surface area contributed by atoms with E-state index < -0.39 is 35.7 Å². The van der Waals surface area contributed by atoms with E-state index in [0.29, 0.717) is 27.7 Å². The van der Waals surface area contributed by atoms with E-state index >= 15 is 0 Å². The van der Waals surface area contributed by atoms with Gasteiger partial charge in [0, 0.05) is 27.3 Å². The van der Waals surface area contributed by atoms with Crippen molar-refractivity contribution in [1.82, 2.24) is 35.1 Å². The molecule has 0 aliphatic rings. The minimum atomic E-state index is -5.86. The first-order chi connectivity index (χ1) is 19.9. The predicted octanol–water partition coefficient (Wildman–Crippen LogP) is 6.08. The van der Waals surface area contributed by atoms with Crippen LogP contribution in [-0.2, 0) is 18.9 Å². The molecular formula is C27H24ClF5IN7O2. The Morgan fingerprint density at radius 3 is 2.40 bits per heavy atom. The topological polar surface area (TPSA) is 108 Å². The van der Waals surface area contributed by atoms with Gasteiger partial charge in [0.25, 0.3) is 5.91 Å². The summed E-state index contributed by atoms with van der Waals surface area (Å²) in [4.78, 5) is 31.8. The predicted molar refractivity (Wildman–Crippen MR) is 155 cm³/mol. The van der Waals surface area contributed by atoms with Gasteiger partial charge in [-0.15, -0.1) is 0 Å². The minimum Gasteiger partial charge on any atom is -0.347 e. The number of carbonyl (C=O) groups is 2. The van der Waals surface area contributed by atoms with Gasteiger partial charge in [-0.3, -0.25) is 9.59 Å². The molecule has 43 heavy (non-hydrogen) atoms. The zero-order valence-electron chi connectivity index (χ0n) is 23.1. The van der Waals surface area contributed by atoms with Crippen LogP contribution in [0, 0.1) is 10.5 Å². The monoisotopic (exact) mass is 735 g/mol. The zero-order valence-corrected chi connectivity index (χ0v) is 26.0. The van der Waals surface area contributed by atoms with E-state index in [1.165, 1.54) is 18.3 Å². The van der Waals surface area contributed by atoms with E-state index in [1.54, 1.807) is 19.1 Å². The van der Waals surface area contributed by atoms with Gasteiger partial charge < -0.3 is 5.32 Å². The molecule has 0 spiro atoms. The van der Waals surface area contributed by atoms with Gasteiger partial charge in [0.05, 0.1) is 16.9 Å². The van der Waals surface area contributed by atoms with Crippen LogP contribution in [0.5, 0.6) is 0 Å². The molecule has 228 valence electrons. The first-order valence-electron chi connectivity index (χ1n) is 12.6. The molecule has 0 radical (unpaired) electrons. The van der Waals surface area contributed by atoms with Crippen LogP contribution >= 0.6 is 34.2 Å². The lowest BCUT2D eigenvalue weighted by molar-refractivity contribution is -0.291. The van der Waals surface area contributed by atoms with Crippen LogP contribution in [0.15, 0.2) is 42.7 Å². The van der Waals surface area contributed by atoms with Crippen LogP contribution < -0.4 is 5.32 Å². The highest BCUT2D eigenvalue weighted by Crippen LogP contribution is 2.42.